The van der Waals surface area contributed by atoms with Gasteiger partial charge in [-0.1, -0.05) is 22.4 Å². The van der Waals surface area contributed by atoms with E-state index in [0.717, 1.165) is 16.8 Å². The minimum atomic E-state index is 0.525. The van der Waals surface area contributed by atoms with Crippen LogP contribution < -0.4 is 0 Å². The Balaban J connectivity index is 2.20. The molecule has 0 saturated carbocycles. The lowest BCUT2D eigenvalue weighted by molar-refractivity contribution is 0.659. The van der Waals surface area contributed by atoms with Crippen molar-refractivity contribution in [3.8, 4) is 0 Å². The molecular weight excluding hydrogens is 272 g/mol. The molecule has 82 valence electrons. The largest absolute Gasteiger partial charge is 0.240 e. The highest BCUT2D eigenvalue weighted by Crippen LogP contribution is 2.36. The van der Waals surface area contributed by atoms with E-state index in [1.807, 2.05) is 18.0 Å². The average molecular weight is 287 g/mol. The molecule has 2 heterocycles. The Morgan fingerprint density at radius 2 is 2.40 bits per heavy atom. The van der Waals surface area contributed by atoms with Crippen LogP contribution in [0, 0.1) is 6.92 Å². The molecule has 0 spiro atoms. The summed E-state index contributed by atoms with van der Waals surface area (Å²) in [5, 5.41) is 1.35. The van der Waals surface area contributed by atoms with Gasteiger partial charge in [-0.3, -0.25) is 0 Å². The monoisotopic (exact) mass is 286 g/mol. The maximum absolute atomic E-state index is 4.64. The third-order valence-electron chi connectivity index (χ3n) is 2.69. The van der Waals surface area contributed by atoms with Gasteiger partial charge in [0.05, 0.1) is 10.9 Å². The van der Waals surface area contributed by atoms with Gasteiger partial charge in [0.25, 0.3) is 0 Å². The van der Waals surface area contributed by atoms with Crippen LogP contribution in [-0.2, 0) is 5.33 Å². The van der Waals surface area contributed by atoms with Crippen LogP contribution in [0.5, 0.6) is 0 Å². The summed E-state index contributed by atoms with van der Waals surface area (Å²) in [5.41, 5.74) is 2.31. The molecule has 1 aromatic rings. The van der Waals surface area contributed by atoms with E-state index in [2.05, 4.69) is 32.8 Å². The lowest BCUT2D eigenvalue weighted by Gasteiger charge is -2.20. The molecule has 2 nitrogen and oxygen atoms in total. The lowest BCUT2D eigenvalue weighted by atomic mass is 10.1. The second-order valence-corrected chi connectivity index (χ2v) is 5.72. The number of aryl methyl sites for hydroxylation is 1. The lowest BCUT2D eigenvalue weighted by Crippen LogP contribution is -2.08. The van der Waals surface area contributed by atoms with Crippen molar-refractivity contribution in [1.29, 1.82) is 0 Å². The maximum Gasteiger partial charge on any atom is 0.141 e. The molecule has 1 aliphatic heterocycles. The van der Waals surface area contributed by atoms with E-state index in [4.69, 9.17) is 0 Å². The van der Waals surface area contributed by atoms with Gasteiger partial charge in [-0.15, -0.1) is 0 Å². The van der Waals surface area contributed by atoms with Crippen molar-refractivity contribution in [3.05, 3.63) is 23.3 Å². The Morgan fingerprint density at radius 1 is 1.53 bits per heavy atom. The van der Waals surface area contributed by atoms with Crippen LogP contribution in [0.15, 0.2) is 6.20 Å². The third kappa shape index (κ3) is 2.72. The van der Waals surface area contributed by atoms with E-state index in [1.165, 1.54) is 30.6 Å². The molecule has 0 N–H and O–H groups in total. The van der Waals surface area contributed by atoms with E-state index in [-0.39, 0.29) is 0 Å². The SMILES string of the molecule is Cc1cnc(C2CCCCS2)nc1CBr. The van der Waals surface area contributed by atoms with Crippen molar-refractivity contribution >= 4 is 27.7 Å². The van der Waals surface area contributed by atoms with Crippen LogP contribution in [-0.4, -0.2) is 15.7 Å². The van der Waals surface area contributed by atoms with Gasteiger partial charge < -0.3 is 0 Å². The summed E-state index contributed by atoms with van der Waals surface area (Å²) in [6.45, 7) is 2.06. The van der Waals surface area contributed by atoms with Gasteiger partial charge in [0.2, 0.25) is 0 Å². The molecular formula is C11H15BrN2S. The minimum Gasteiger partial charge on any atom is -0.240 e. The van der Waals surface area contributed by atoms with E-state index < -0.39 is 0 Å². The first kappa shape index (κ1) is 11.4. The fourth-order valence-corrected chi connectivity index (χ4v) is 3.55. The average Bonchev–Trinajstić information content (AvgIpc) is 2.31. The van der Waals surface area contributed by atoms with Crippen LogP contribution in [0.25, 0.3) is 0 Å². The fourth-order valence-electron chi connectivity index (χ4n) is 1.73. The zero-order valence-corrected chi connectivity index (χ0v) is 11.3. The normalized spacial score (nSPS) is 21.6. The highest BCUT2D eigenvalue weighted by atomic mass is 79.9. The number of alkyl halides is 1. The van der Waals surface area contributed by atoms with Gasteiger partial charge in [0.1, 0.15) is 5.82 Å². The summed E-state index contributed by atoms with van der Waals surface area (Å²) < 4.78 is 0. The molecule has 0 aromatic carbocycles. The van der Waals surface area contributed by atoms with E-state index >= 15 is 0 Å². The number of thioether (sulfide) groups is 1. The Kier molecular flexibility index (Phi) is 4.03. The van der Waals surface area contributed by atoms with Crippen LogP contribution in [0.4, 0.5) is 0 Å². The second kappa shape index (κ2) is 5.30. The topological polar surface area (TPSA) is 25.8 Å². The van der Waals surface area contributed by atoms with Crippen LogP contribution in [0.2, 0.25) is 0 Å². The van der Waals surface area contributed by atoms with Crippen molar-refractivity contribution in [2.45, 2.75) is 36.8 Å². The second-order valence-electron chi connectivity index (χ2n) is 3.85. The summed E-state index contributed by atoms with van der Waals surface area (Å²) >= 11 is 5.47. The zero-order valence-electron chi connectivity index (χ0n) is 8.87. The summed E-state index contributed by atoms with van der Waals surface area (Å²) in [5.74, 6) is 2.28. The molecule has 15 heavy (non-hydrogen) atoms. The molecule has 0 aliphatic carbocycles. The summed E-state index contributed by atoms with van der Waals surface area (Å²) in [4.78, 5) is 9.09. The Labute approximate surface area is 103 Å². The molecule has 2 rings (SSSR count). The van der Waals surface area contributed by atoms with Gasteiger partial charge in [-0.25, -0.2) is 9.97 Å². The van der Waals surface area contributed by atoms with E-state index in [9.17, 15) is 0 Å². The minimum absolute atomic E-state index is 0.525. The van der Waals surface area contributed by atoms with Crippen LogP contribution in [0.3, 0.4) is 0 Å². The van der Waals surface area contributed by atoms with Crippen molar-refractivity contribution in [2.24, 2.45) is 0 Å². The number of hydrogen-bond acceptors (Lipinski definition) is 3. The molecule has 4 heteroatoms. The molecule has 1 aromatic heterocycles. The van der Waals surface area contributed by atoms with Crippen molar-refractivity contribution < 1.29 is 0 Å². The predicted molar refractivity (Wildman–Crippen MR) is 68.5 cm³/mol. The van der Waals surface area contributed by atoms with Crippen LogP contribution >= 0.6 is 27.7 Å². The Bertz CT molecular complexity index is 337. The molecule has 0 bridgehead atoms. The van der Waals surface area contributed by atoms with E-state index in [1.54, 1.807) is 0 Å². The van der Waals surface area contributed by atoms with Crippen molar-refractivity contribution in [2.75, 3.05) is 5.75 Å². The van der Waals surface area contributed by atoms with Gasteiger partial charge in [-0.05, 0) is 31.1 Å². The van der Waals surface area contributed by atoms with Gasteiger partial charge in [0, 0.05) is 11.5 Å². The van der Waals surface area contributed by atoms with Crippen LogP contribution in [0.1, 0.15) is 41.6 Å². The fraction of sp³-hybridized carbons (Fsp3) is 0.636. The third-order valence-corrected chi connectivity index (χ3v) is 4.59. The molecule has 1 aliphatic rings. The first-order valence-corrected chi connectivity index (χ1v) is 7.48. The summed E-state index contributed by atoms with van der Waals surface area (Å²) in [6, 6.07) is 0. The first-order valence-electron chi connectivity index (χ1n) is 5.31. The zero-order chi connectivity index (χ0) is 10.7. The van der Waals surface area contributed by atoms with Crippen molar-refractivity contribution in [1.82, 2.24) is 9.97 Å². The van der Waals surface area contributed by atoms with Gasteiger partial charge >= 0.3 is 0 Å². The molecule has 1 fully saturated rings. The number of halogens is 1. The molecule has 1 saturated heterocycles. The molecule has 1 unspecified atom stereocenters. The highest BCUT2D eigenvalue weighted by Gasteiger charge is 2.19. The predicted octanol–water partition coefficient (Wildman–Crippen LogP) is 3.64. The number of aromatic nitrogens is 2. The maximum atomic E-state index is 4.64. The molecule has 1 atom stereocenters. The standard InChI is InChI=1S/C11H15BrN2S/c1-8-7-13-11(14-9(8)6-12)10-4-2-3-5-15-10/h7,10H,2-6H2,1H3. The van der Waals surface area contributed by atoms with E-state index in [0.29, 0.717) is 5.25 Å². The van der Waals surface area contributed by atoms with Crippen molar-refractivity contribution in [3.63, 3.8) is 0 Å². The number of rotatable bonds is 2. The molecule has 0 radical (unpaired) electrons. The Morgan fingerprint density at radius 3 is 3.07 bits per heavy atom. The smallest absolute Gasteiger partial charge is 0.141 e. The molecule has 0 amide bonds. The number of nitrogens with zero attached hydrogens (tertiary/aromatic N) is 2. The quantitative estimate of drug-likeness (QED) is 0.777. The number of hydrogen-bond donors (Lipinski definition) is 0. The first-order chi connectivity index (χ1) is 7.31. The summed E-state index contributed by atoms with van der Waals surface area (Å²) in [6.07, 6.45) is 5.85. The summed E-state index contributed by atoms with van der Waals surface area (Å²) in [7, 11) is 0. The van der Waals surface area contributed by atoms with Gasteiger partial charge in [-0.2, -0.15) is 11.8 Å². The Hall–Kier alpha value is -0.0900. The highest BCUT2D eigenvalue weighted by molar-refractivity contribution is 9.08. The van der Waals surface area contributed by atoms with Gasteiger partial charge in [0.15, 0.2) is 0 Å².